The summed E-state index contributed by atoms with van der Waals surface area (Å²) in [5, 5.41) is 4.52. The van der Waals surface area contributed by atoms with Gasteiger partial charge < -0.3 is 4.74 Å². The predicted octanol–water partition coefficient (Wildman–Crippen LogP) is 3.63. The van der Waals surface area contributed by atoms with E-state index in [2.05, 4.69) is 30.7 Å². The first-order chi connectivity index (χ1) is 11.4. The molecule has 0 saturated heterocycles. The Morgan fingerprint density at radius 3 is 2.75 bits per heavy atom. The highest BCUT2D eigenvalue weighted by Gasteiger charge is 2.22. The zero-order valence-corrected chi connectivity index (χ0v) is 15.1. The molecule has 0 N–H and O–H groups in total. The summed E-state index contributed by atoms with van der Waals surface area (Å²) in [4.78, 5) is 28.8. The van der Waals surface area contributed by atoms with Gasteiger partial charge in [-0.25, -0.2) is 4.79 Å². The quantitative estimate of drug-likeness (QED) is 0.605. The van der Waals surface area contributed by atoms with Crippen LogP contribution < -0.4 is 0 Å². The van der Waals surface area contributed by atoms with Crippen LogP contribution in [-0.2, 0) is 4.74 Å². The molecule has 0 spiro atoms. The minimum atomic E-state index is -0.547. The maximum absolute atomic E-state index is 12.9. The van der Waals surface area contributed by atoms with Gasteiger partial charge in [0.05, 0.1) is 28.8 Å². The molecule has 0 unspecified atom stereocenters. The molecule has 0 atom stereocenters. The number of carbonyl (C=O) groups excluding carboxylic acids is 2. The normalized spacial score (nSPS) is 10.8. The van der Waals surface area contributed by atoms with Crippen LogP contribution in [0.25, 0.3) is 11.0 Å². The summed E-state index contributed by atoms with van der Waals surface area (Å²) in [5.41, 5.74) is 2.14. The van der Waals surface area contributed by atoms with Gasteiger partial charge in [0, 0.05) is 6.20 Å². The highest BCUT2D eigenvalue weighted by atomic mass is 79.9. The third-order valence-corrected chi connectivity index (χ3v) is 4.38. The largest absolute Gasteiger partial charge is 0.465 e. The molecule has 24 heavy (non-hydrogen) atoms. The van der Waals surface area contributed by atoms with Crippen LogP contribution in [0.4, 0.5) is 0 Å². The monoisotopic (exact) mass is 407 g/mol. The van der Waals surface area contributed by atoms with Gasteiger partial charge in [0.2, 0.25) is 0 Å². The number of benzene rings is 1. The van der Waals surface area contributed by atoms with Crippen LogP contribution in [0.2, 0.25) is 5.02 Å². The van der Waals surface area contributed by atoms with E-state index in [1.807, 2.05) is 0 Å². The van der Waals surface area contributed by atoms with Crippen molar-refractivity contribution in [3.8, 4) is 0 Å². The van der Waals surface area contributed by atoms with Gasteiger partial charge in [-0.2, -0.15) is 9.78 Å². The zero-order chi connectivity index (χ0) is 17.4. The van der Waals surface area contributed by atoms with Gasteiger partial charge in [0.15, 0.2) is 4.60 Å². The van der Waals surface area contributed by atoms with E-state index in [0.29, 0.717) is 26.2 Å². The minimum Gasteiger partial charge on any atom is -0.465 e. The summed E-state index contributed by atoms with van der Waals surface area (Å²) in [6.07, 6.45) is 1.37. The molecule has 2 aromatic heterocycles. The molecule has 0 amide bonds. The van der Waals surface area contributed by atoms with Gasteiger partial charge >= 0.3 is 5.97 Å². The van der Waals surface area contributed by atoms with E-state index in [-0.39, 0.29) is 5.56 Å². The number of rotatable bonds is 2. The van der Waals surface area contributed by atoms with Gasteiger partial charge in [0.1, 0.15) is 5.52 Å². The molecule has 1 aromatic carbocycles. The Bertz CT molecular complexity index is 964. The molecule has 0 aliphatic rings. The molecule has 2 heterocycles. The minimum absolute atomic E-state index is 0.224. The van der Waals surface area contributed by atoms with Crippen molar-refractivity contribution in [1.29, 1.82) is 0 Å². The fraction of sp³-hybridized carbons (Fsp3) is 0.125. The number of pyridine rings is 1. The van der Waals surface area contributed by atoms with Gasteiger partial charge in [-0.15, -0.1) is 0 Å². The summed E-state index contributed by atoms with van der Waals surface area (Å²) in [6, 6.07) is 6.71. The van der Waals surface area contributed by atoms with Crippen molar-refractivity contribution in [2.75, 3.05) is 7.11 Å². The van der Waals surface area contributed by atoms with Crippen LogP contribution in [0.1, 0.15) is 26.3 Å². The molecule has 3 aromatic rings. The van der Waals surface area contributed by atoms with E-state index in [1.165, 1.54) is 24.1 Å². The number of ether oxygens (including phenoxy) is 1. The van der Waals surface area contributed by atoms with Gasteiger partial charge in [-0.3, -0.25) is 9.78 Å². The first kappa shape index (κ1) is 16.6. The van der Waals surface area contributed by atoms with Gasteiger partial charge in [-0.05, 0) is 40.5 Å². The standard InChI is InChI=1S/C16H11BrClN3O3/c1-8-4-3-5-10(18)12(8)15(22)21-11-6-9(16(23)24-2)7-19-13(11)14(17)20-21/h3-7H,1-2H3. The fourth-order valence-corrected chi connectivity index (χ4v) is 3.12. The summed E-state index contributed by atoms with van der Waals surface area (Å²) < 4.78 is 6.26. The Balaban J connectivity index is 2.22. The number of aromatic nitrogens is 3. The van der Waals surface area contributed by atoms with Crippen LogP contribution in [-0.4, -0.2) is 33.8 Å². The summed E-state index contributed by atoms with van der Waals surface area (Å²) in [7, 11) is 1.28. The topological polar surface area (TPSA) is 74.1 Å². The average Bonchev–Trinajstić information content (AvgIpc) is 2.90. The van der Waals surface area contributed by atoms with Crippen LogP contribution >= 0.6 is 27.5 Å². The summed E-state index contributed by atoms with van der Waals surface area (Å²) in [6.45, 7) is 1.79. The third kappa shape index (κ3) is 2.70. The lowest BCUT2D eigenvalue weighted by molar-refractivity contribution is 0.0600. The molecule has 0 aliphatic heterocycles. The van der Waals surface area contributed by atoms with Crippen molar-refractivity contribution in [2.45, 2.75) is 6.92 Å². The molecule has 6 nitrogen and oxygen atoms in total. The van der Waals surface area contributed by atoms with Gasteiger partial charge in [0.25, 0.3) is 5.91 Å². The lowest BCUT2D eigenvalue weighted by atomic mass is 10.1. The van der Waals surface area contributed by atoms with E-state index >= 15 is 0 Å². The Morgan fingerprint density at radius 2 is 2.08 bits per heavy atom. The fourth-order valence-electron chi connectivity index (χ4n) is 2.36. The number of hydrogen-bond acceptors (Lipinski definition) is 5. The third-order valence-electron chi connectivity index (χ3n) is 3.53. The van der Waals surface area contributed by atoms with Gasteiger partial charge in [-0.1, -0.05) is 23.7 Å². The van der Waals surface area contributed by atoms with Crippen molar-refractivity contribution in [2.24, 2.45) is 0 Å². The van der Waals surface area contributed by atoms with Crippen LogP contribution in [0.3, 0.4) is 0 Å². The Kier molecular flexibility index (Phi) is 4.38. The summed E-state index contributed by atoms with van der Waals surface area (Å²) >= 11 is 9.45. The molecule has 0 radical (unpaired) electrons. The number of nitrogens with zero attached hydrogens (tertiary/aromatic N) is 3. The van der Waals surface area contributed by atoms with E-state index in [9.17, 15) is 9.59 Å². The number of halogens is 2. The molecule has 122 valence electrons. The maximum atomic E-state index is 12.9. The first-order valence-electron chi connectivity index (χ1n) is 6.86. The van der Waals surface area contributed by atoms with Crippen molar-refractivity contribution in [3.05, 3.63) is 56.8 Å². The zero-order valence-electron chi connectivity index (χ0n) is 12.7. The number of methoxy groups -OCH3 is 1. The maximum Gasteiger partial charge on any atom is 0.339 e. The SMILES string of the molecule is COC(=O)c1cnc2c(Br)nn(C(=O)c3c(C)cccc3Cl)c2c1. The Morgan fingerprint density at radius 1 is 1.33 bits per heavy atom. The predicted molar refractivity (Wildman–Crippen MR) is 92.5 cm³/mol. The molecule has 0 aliphatic carbocycles. The molecular formula is C16H11BrClN3O3. The number of esters is 1. The van der Waals surface area contributed by atoms with Crippen molar-refractivity contribution < 1.29 is 14.3 Å². The van der Waals surface area contributed by atoms with Crippen LogP contribution in [0.15, 0.2) is 35.1 Å². The van der Waals surface area contributed by atoms with E-state index in [4.69, 9.17) is 11.6 Å². The second kappa shape index (κ2) is 6.33. The van der Waals surface area contributed by atoms with Crippen molar-refractivity contribution in [3.63, 3.8) is 0 Å². The number of fused-ring (bicyclic) bond motifs is 1. The number of hydrogen-bond donors (Lipinski definition) is 0. The average molecular weight is 409 g/mol. The second-order valence-electron chi connectivity index (χ2n) is 5.02. The van der Waals surface area contributed by atoms with Crippen LogP contribution in [0.5, 0.6) is 0 Å². The molecular weight excluding hydrogens is 398 g/mol. The molecule has 0 fully saturated rings. The highest BCUT2D eigenvalue weighted by Crippen LogP contribution is 2.26. The van der Waals surface area contributed by atoms with E-state index < -0.39 is 11.9 Å². The first-order valence-corrected chi connectivity index (χ1v) is 8.03. The lowest BCUT2D eigenvalue weighted by Gasteiger charge is -2.08. The Labute approximate surface area is 150 Å². The molecule has 8 heteroatoms. The van der Waals surface area contributed by atoms with Crippen molar-refractivity contribution in [1.82, 2.24) is 14.8 Å². The van der Waals surface area contributed by atoms with E-state index in [0.717, 1.165) is 5.56 Å². The lowest BCUT2D eigenvalue weighted by Crippen LogP contribution is -2.16. The smallest absolute Gasteiger partial charge is 0.339 e. The Hall–Kier alpha value is -2.25. The number of carbonyl (C=O) groups is 2. The molecule has 3 rings (SSSR count). The number of aryl methyl sites for hydroxylation is 1. The second-order valence-corrected chi connectivity index (χ2v) is 6.18. The van der Waals surface area contributed by atoms with Crippen LogP contribution in [0, 0.1) is 6.92 Å². The van der Waals surface area contributed by atoms with E-state index in [1.54, 1.807) is 25.1 Å². The highest BCUT2D eigenvalue weighted by molar-refractivity contribution is 9.10. The molecule has 0 saturated carbocycles. The molecule has 0 bridgehead atoms. The summed E-state index contributed by atoms with van der Waals surface area (Å²) in [5.74, 6) is -0.952. The van der Waals surface area contributed by atoms with Crippen molar-refractivity contribution >= 4 is 50.4 Å².